The Labute approximate surface area is 118 Å². The minimum absolute atomic E-state index is 0.256. The third-order valence-corrected chi connectivity index (χ3v) is 4.27. The number of aromatic nitrogens is 3. The van der Waals surface area contributed by atoms with E-state index in [4.69, 9.17) is 0 Å². The summed E-state index contributed by atoms with van der Waals surface area (Å²) in [5.74, 6) is 0. The van der Waals surface area contributed by atoms with Crippen LogP contribution in [0.5, 0.6) is 0 Å². The van der Waals surface area contributed by atoms with Crippen LogP contribution in [0.15, 0.2) is 12.5 Å². The minimum atomic E-state index is 0.256. The molecule has 2 aromatic rings. The summed E-state index contributed by atoms with van der Waals surface area (Å²) in [6.45, 7) is 7.39. The Kier molecular flexibility index (Phi) is 4.71. The van der Waals surface area contributed by atoms with Crippen LogP contribution < -0.4 is 5.32 Å². The maximum atomic E-state index is 4.63. The van der Waals surface area contributed by atoms with Gasteiger partial charge in [-0.05, 0) is 26.8 Å². The van der Waals surface area contributed by atoms with Gasteiger partial charge in [-0.3, -0.25) is 0 Å². The van der Waals surface area contributed by atoms with E-state index in [-0.39, 0.29) is 6.04 Å². The van der Waals surface area contributed by atoms with Gasteiger partial charge in [-0.15, -0.1) is 11.3 Å². The van der Waals surface area contributed by atoms with E-state index < -0.39 is 0 Å². The molecule has 1 unspecified atom stereocenters. The summed E-state index contributed by atoms with van der Waals surface area (Å²) in [6, 6.07) is 0.256. The Morgan fingerprint density at radius 3 is 2.74 bits per heavy atom. The van der Waals surface area contributed by atoms with Crippen molar-refractivity contribution in [3.63, 3.8) is 0 Å². The zero-order valence-corrected chi connectivity index (χ0v) is 12.9. The number of aryl methyl sites for hydroxylation is 3. The normalized spacial score (nSPS) is 12.8. The molecule has 0 aliphatic heterocycles. The van der Waals surface area contributed by atoms with Gasteiger partial charge in [0.05, 0.1) is 28.8 Å². The quantitative estimate of drug-likeness (QED) is 0.883. The minimum Gasteiger partial charge on any atom is -0.340 e. The van der Waals surface area contributed by atoms with E-state index >= 15 is 0 Å². The summed E-state index contributed by atoms with van der Waals surface area (Å²) >= 11 is 1.79. The van der Waals surface area contributed by atoms with Crippen LogP contribution in [0.25, 0.3) is 0 Å². The molecule has 0 bridgehead atoms. The molecule has 0 amide bonds. The monoisotopic (exact) mass is 278 g/mol. The van der Waals surface area contributed by atoms with Crippen LogP contribution in [0.3, 0.4) is 0 Å². The first-order chi connectivity index (χ1) is 9.10. The molecule has 0 spiro atoms. The summed E-state index contributed by atoms with van der Waals surface area (Å²) in [6.07, 6.45) is 5.98. The molecule has 2 rings (SSSR count). The van der Waals surface area contributed by atoms with Crippen LogP contribution in [0.1, 0.15) is 40.7 Å². The smallest absolute Gasteiger partial charge is 0.0950 e. The van der Waals surface area contributed by atoms with Crippen molar-refractivity contribution >= 4 is 11.3 Å². The fraction of sp³-hybridized carbons (Fsp3) is 0.571. The van der Waals surface area contributed by atoms with E-state index in [0.29, 0.717) is 0 Å². The molecule has 4 nitrogen and oxygen atoms in total. The van der Waals surface area contributed by atoms with Gasteiger partial charge in [-0.25, -0.2) is 9.97 Å². The summed E-state index contributed by atoms with van der Waals surface area (Å²) in [4.78, 5) is 10.4. The third kappa shape index (κ3) is 3.64. The van der Waals surface area contributed by atoms with Crippen molar-refractivity contribution in [3.05, 3.63) is 33.8 Å². The summed E-state index contributed by atoms with van der Waals surface area (Å²) in [5, 5.41) is 4.76. The van der Waals surface area contributed by atoms with Crippen molar-refractivity contribution in [1.82, 2.24) is 19.9 Å². The van der Waals surface area contributed by atoms with Gasteiger partial charge in [0.2, 0.25) is 0 Å². The summed E-state index contributed by atoms with van der Waals surface area (Å²) in [7, 11) is 2.01. The molecule has 0 aliphatic carbocycles. The van der Waals surface area contributed by atoms with Crippen LogP contribution >= 0.6 is 11.3 Å². The van der Waals surface area contributed by atoms with Gasteiger partial charge in [-0.2, -0.15) is 0 Å². The summed E-state index contributed by atoms with van der Waals surface area (Å²) < 4.78 is 1.99. The van der Waals surface area contributed by atoms with E-state index in [1.807, 2.05) is 17.9 Å². The van der Waals surface area contributed by atoms with Crippen LogP contribution in [0.2, 0.25) is 0 Å². The average molecular weight is 278 g/mol. The number of nitrogens with one attached hydrogen (secondary N) is 1. The molecule has 0 aromatic carbocycles. The number of thiazole rings is 1. The van der Waals surface area contributed by atoms with E-state index in [1.165, 1.54) is 9.88 Å². The first-order valence-corrected chi connectivity index (χ1v) is 7.56. The predicted molar refractivity (Wildman–Crippen MR) is 79.5 cm³/mol. The molecule has 0 saturated heterocycles. The second-order valence-electron chi connectivity index (χ2n) is 4.92. The zero-order chi connectivity index (χ0) is 13.8. The fourth-order valence-electron chi connectivity index (χ4n) is 2.01. The van der Waals surface area contributed by atoms with Gasteiger partial charge >= 0.3 is 0 Å². The topological polar surface area (TPSA) is 42.7 Å². The van der Waals surface area contributed by atoms with Crippen molar-refractivity contribution < 1.29 is 0 Å². The second-order valence-corrected chi connectivity index (χ2v) is 6.21. The lowest BCUT2D eigenvalue weighted by Crippen LogP contribution is -2.24. The highest BCUT2D eigenvalue weighted by atomic mass is 32.1. The Morgan fingerprint density at radius 2 is 2.21 bits per heavy atom. The molecule has 1 atom stereocenters. The zero-order valence-electron chi connectivity index (χ0n) is 12.1. The van der Waals surface area contributed by atoms with Gasteiger partial charge in [0.25, 0.3) is 0 Å². The molecule has 5 heteroatoms. The largest absolute Gasteiger partial charge is 0.340 e. The molecule has 104 valence electrons. The predicted octanol–water partition coefficient (Wildman–Crippen LogP) is 2.78. The molecular weight excluding hydrogens is 256 g/mol. The highest BCUT2D eigenvalue weighted by Crippen LogP contribution is 2.22. The number of imidazole rings is 1. The molecule has 19 heavy (non-hydrogen) atoms. The first kappa shape index (κ1) is 14.2. The lowest BCUT2D eigenvalue weighted by Gasteiger charge is -2.15. The van der Waals surface area contributed by atoms with E-state index in [0.717, 1.165) is 30.8 Å². The average Bonchev–Trinajstić information content (AvgIpc) is 2.92. The van der Waals surface area contributed by atoms with E-state index in [9.17, 15) is 0 Å². The number of nitrogens with zero attached hydrogens (tertiary/aromatic N) is 3. The van der Waals surface area contributed by atoms with Crippen molar-refractivity contribution in [1.29, 1.82) is 0 Å². The molecule has 2 heterocycles. The number of rotatable bonds is 6. The van der Waals surface area contributed by atoms with Crippen molar-refractivity contribution in [3.8, 4) is 0 Å². The van der Waals surface area contributed by atoms with Crippen LogP contribution in [-0.2, 0) is 13.5 Å². The standard InChI is InChI=1S/C14H22N4S/c1-5-6-15-12(13-8-18(4)9-16-13)7-14-17-10(2)11(3)19-14/h8-9,12,15H,5-7H2,1-4H3. The van der Waals surface area contributed by atoms with Gasteiger partial charge in [0.1, 0.15) is 0 Å². The number of hydrogen-bond acceptors (Lipinski definition) is 4. The van der Waals surface area contributed by atoms with Gasteiger partial charge in [0, 0.05) is 24.5 Å². The molecule has 1 N–H and O–H groups in total. The number of hydrogen-bond donors (Lipinski definition) is 1. The Bertz CT molecular complexity index is 510. The third-order valence-electron chi connectivity index (χ3n) is 3.17. The maximum Gasteiger partial charge on any atom is 0.0950 e. The Morgan fingerprint density at radius 1 is 1.42 bits per heavy atom. The van der Waals surface area contributed by atoms with E-state index in [1.54, 1.807) is 11.3 Å². The van der Waals surface area contributed by atoms with Crippen molar-refractivity contribution in [2.45, 2.75) is 39.7 Å². The second kappa shape index (κ2) is 6.30. The summed E-state index contributed by atoms with van der Waals surface area (Å²) in [5.41, 5.74) is 2.25. The maximum absolute atomic E-state index is 4.63. The van der Waals surface area contributed by atoms with Crippen LogP contribution in [0.4, 0.5) is 0 Å². The fourth-order valence-corrected chi connectivity index (χ4v) is 2.99. The molecule has 2 aromatic heterocycles. The van der Waals surface area contributed by atoms with Gasteiger partial charge < -0.3 is 9.88 Å². The lowest BCUT2D eigenvalue weighted by molar-refractivity contribution is 0.518. The molecule has 0 aliphatic rings. The molecule has 0 fully saturated rings. The molecule has 0 saturated carbocycles. The Hall–Kier alpha value is -1.20. The SMILES string of the molecule is CCCNC(Cc1nc(C)c(C)s1)c1cn(C)cn1. The highest BCUT2D eigenvalue weighted by Gasteiger charge is 2.16. The van der Waals surface area contributed by atoms with Crippen molar-refractivity contribution in [2.75, 3.05) is 6.54 Å². The van der Waals surface area contributed by atoms with E-state index in [2.05, 4.69) is 42.3 Å². The van der Waals surface area contributed by atoms with Crippen LogP contribution in [0, 0.1) is 13.8 Å². The first-order valence-electron chi connectivity index (χ1n) is 6.74. The van der Waals surface area contributed by atoms with Crippen molar-refractivity contribution in [2.24, 2.45) is 7.05 Å². The van der Waals surface area contributed by atoms with Gasteiger partial charge in [-0.1, -0.05) is 6.92 Å². The van der Waals surface area contributed by atoms with Gasteiger partial charge in [0.15, 0.2) is 0 Å². The molecule has 0 radical (unpaired) electrons. The molecular formula is C14H22N4S. The lowest BCUT2D eigenvalue weighted by atomic mass is 10.1. The van der Waals surface area contributed by atoms with Crippen LogP contribution in [-0.4, -0.2) is 21.1 Å². The highest BCUT2D eigenvalue weighted by molar-refractivity contribution is 7.11. The Balaban J connectivity index is 2.13.